The molecule has 0 bridgehead atoms. The van der Waals surface area contributed by atoms with Crippen LogP contribution in [0.3, 0.4) is 0 Å². The van der Waals surface area contributed by atoms with Crippen molar-refractivity contribution in [2.24, 2.45) is 5.10 Å². The molecule has 2 heterocycles. The summed E-state index contributed by atoms with van der Waals surface area (Å²) in [5.41, 5.74) is 1.60. The highest BCUT2D eigenvalue weighted by atomic mass is 19.1. The summed E-state index contributed by atoms with van der Waals surface area (Å²) >= 11 is 0. The SMILES string of the molecule is COc1ccccc1[C@H]1CC(c2ccccc2F)=NN1C(=O)CN(CCN1CCOCC1)C(=O)c1cccc(F)c1. The van der Waals surface area contributed by atoms with Gasteiger partial charge in [-0.3, -0.25) is 14.5 Å². The number of carbonyl (C=O) groups is 2. The predicted molar refractivity (Wildman–Crippen MR) is 150 cm³/mol. The van der Waals surface area contributed by atoms with E-state index in [1.165, 1.54) is 34.2 Å². The molecule has 2 aliphatic rings. The van der Waals surface area contributed by atoms with Crippen LogP contribution in [0.4, 0.5) is 8.78 Å². The first-order chi connectivity index (χ1) is 19.9. The van der Waals surface area contributed by atoms with E-state index in [-0.39, 0.29) is 25.1 Å². The molecule has 1 atom stereocenters. The number of amides is 2. The Morgan fingerprint density at radius 2 is 1.78 bits per heavy atom. The highest BCUT2D eigenvalue weighted by Gasteiger charge is 2.36. The average Bonchev–Trinajstić information content (AvgIpc) is 3.45. The van der Waals surface area contributed by atoms with Gasteiger partial charge in [0.1, 0.15) is 23.9 Å². The van der Waals surface area contributed by atoms with Gasteiger partial charge in [0, 0.05) is 49.3 Å². The number of carbonyl (C=O) groups excluding carboxylic acids is 2. The van der Waals surface area contributed by atoms with Crippen molar-refractivity contribution in [2.75, 3.05) is 53.0 Å². The molecule has 3 aromatic rings. The third-order valence-corrected chi connectivity index (χ3v) is 7.32. The zero-order valence-electron chi connectivity index (χ0n) is 22.8. The number of rotatable bonds is 9. The first-order valence-electron chi connectivity index (χ1n) is 13.6. The molecule has 3 aromatic carbocycles. The normalized spacial score (nSPS) is 17.3. The molecule has 5 rings (SSSR count). The third-order valence-electron chi connectivity index (χ3n) is 7.32. The van der Waals surface area contributed by atoms with Crippen LogP contribution in [0.2, 0.25) is 0 Å². The zero-order valence-corrected chi connectivity index (χ0v) is 22.8. The van der Waals surface area contributed by atoms with Gasteiger partial charge >= 0.3 is 0 Å². The fourth-order valence-corrected chi connectivity index (χ4v) is 5.16. The minimum atomic E-state index is -0.571. The third kappa shape index (κ3) is 6.61. The standard InChI is InChI=1S/C31H32F2N4O4/c1-40-29-12-5-3-10-25(29)28-20-27(24-9-2-4-11-26(24)33)34-37(28)30(38)21-36(14-13-35-15-17-41-18-16-35)31(39)22-7-6-8-23(32)19-22/h2-12,19,28H,13-18,20-21H2,1H3/t28-/m1/s1. The Hall–Kier alpha value is -4.15. The molecule has 1 saturated heterocycles. The number of ether oxygens (including phenoxy) is 2. The van der Waals surface area contributed by atoms with Gasteiger partial charge in [0.2, 0.25) is 0 Å². The van der Waals surface area contributed by atoms with E-state index in [1.54, 1.807) is 31.4 Å². The number of hydrogen-bond donors (Lipinski definition) is 0. The van der Waals surface area contributed by atoms with Gasteiger partial charge in [0.15, 0.2) is 0 Å². The van der Waals surface area contributed by atoms with Crippen molar-refractivity contribution in [3.63, 3.8) is 0 Å². The van der Waals surface area contributed by atoms with Crippen LogP contribution in [0, 0.1) is 11.6 Å². The van der Waals surface area contributed by atoms with E-state index in [0.29, 0.717) is 49.9 Å². The lowest BCUT2D eigenvalue weighted by molar-refractivity contribution is -0.133. The van der Waals surface area contributed by atoms with Crippen LogP contribution in [-0.2, 0) is 9.53 Å². The molecule has 0 aliphatic carbocycles. The van der Waals surface area contributed by atoms with Crippen LogP contribution in [0.25, 0.3) is 0 Å². The van der Waals surface area contributed by atoms with Crippen LogP contribution >= 0.6 is 0 Å². The Balaban J connectivity index is 1.45. The molecule has 0 unspecified atom stereocenters. The van der Waals surface area contributed by atoms with E-state index in [1.807, 2.05) is 18.2 Å². The Bertz CT molecular complexity index is 1430. The van der Waals surface area contributed by atoms with Crippen LogP contribution in [-0.4, -0.2) is 85.4 Å². The molecule has 8 nitrogen and oxygen atoms in total. The number of hydrazone groups is 1. The summed E-state index contributed by atoms with van der Waals surface area (Å²) in [6.07, 6.45) is 0.263. The number of nitrogens with zero attached hydrogens (tertiary/aromatic N) is 4. The highest BCUT2D eigenvalue weighted by Crippen LogP contribution is 2.37. The number of benzene rings is 3. The van der Waals surface area contributed by atoms with Crippen LogP contribution in [0.1, 0.15) is 33.9 Å². The molecule has 41 heavy (non-hydrogen) atoms. The Morgan fingerprint density at radius 3 is 2.54 bits per heavy atom. The van der Waals surface area contributed by atoms with Gasteiger partial charge in [0.05, 0.1) is 32.1 Å². The first kappa shape index (κ1) is 28.4. The lowest BCUT2D eigenvalue weighted by atomic mass is 9.97. The summed E-state index contributed by atoms with van der Waals surface area (Å²) in [6, 6.07) is 18.4. The second-order valence-corrected chi connectivity index (χ2v) is 9.92. The number of para-hydroxylation sites is 1. The van der Waals surface area contributed by atoms with Crippen LogP contribution < -0.4 is 4.74 Å². The molecule has 2 amide bonds. The van der Waals surface area contributed by atoms with E-state index >= 15 is 0 Å². The van der Waals surface area contributed by atoms with E-state index in [4.69, 9.17) is 9.47 Å². The maximum Gasteiger partial charge on any atom is 0.262 e. The largest absolute Gasteiger partial charge is 0.496 e. The Morgan fingerprint density at radius 1 is 1.02 bits per heavy atom. The van der Waals surface area contributed by atoms with Crippen molar-refractivity contribution in [3.05, 3.63) is 101 Å². The molecule has 2 aliphatic heterocycles. The van der Waals surface area contributed by atoms with Gasteiger partial charge in [-0.25, -0.2) is 13.8 Å². The molecule has 214 valence electrons. The Kier molecular flexibility index (Phi) is 9.01. The summed E-state index contributed by atoms with van der Waals surface area (Å²) in [7, 11) is 1.55. The molecule has 0 spiro atoms. The molecule has 0 N–H and O–H groups in total. The fourth-order valence-electron chi connectivity index (χ4n) is 5.16. The van der Waals surface area contributed by atoms with Crippen molar-refractivity contribution in [2.45, 2.75) is 12.5 Å². The summed E-state index contributed by atoms with van der Waals surface area (Å²) in [5.74, 6) is -1.31. The predicted octanol–water partition coefficient (Wildman–Crippen LogP) is 4.13. The number of morpholine rings is 1. The van der Waals surface area contributed by atoms with Gasteiger partial charge in [-0.2, -0.15) is 5.10 Å². The number of halogens is 2. The van der Waals surface area contributed by atoms with Gasteiger partial charge < -0.3 is 14.4 Å². The van der Waals surface area contributed by atoms with Crippen molar-refractivity contribution >= 4 is 17.5 Å². The fraction of sp³-hybridized carbons (Fsp3) is 0.323. The summed E-state index contributed by atoms with van der Waals surface area (Å²) in [5, 5.41) is 5.90. The van der Waals surface area contributed by atoms with Crippen LogP contribution in [0.15, 0.2) is 77.9 Å². The first-order valence-corrected chi connectivity index (χ1v) is 13.6. The van der Waals surface area contributed by atoms with E-state index in [9.17, 15) is 18.4 Å². The molecular formula is C31H32F2N4O4. The highest BCUT2D eigenvalue weighted by molar-refractivity contribution is 6.04. The Labute approximate surface area is 237 Å². The van der Waals surface area contributed by atoms with Gasteiger partial charge in [-0.05, 0) is 30.3 Å². The quantitative estimate of drug-likeness (QED) is 0.392. The van der Waals surface area contributed by atoms with Crippen molar-refractivity contribution in [1.82, 2.24) is 14.8 Å². The molecule has 0 saturated carbocycles. The van der Waals surface area contributed by atoms with Crippen molar-refractivity contribution in [1.29, 1.82) is 0 Å². The summed E-state index contributed by atoms with van der Waals surface area (Å²) in [6.45, 7) is 3.11. The van der Waals surface area contributed by atoms with Gasteiger partial charge in [-0.1, -0.05) is 42.5 Å². The monoisotopic (exact) mass is 562 g/mol. The van der Waals surface area contributed by atoms with E-state index in [0.717, 1.165) is 11.6 Å². The van der Waals surface area contributed by atoms with Gasteiger partial charge in [-0.15, -0.1) is 0 Å². The van der Waals surface area contributed by atoms with Crippen molar-refractivity contribution in [3.8, 4) is 5.75 Å². The summed E-state index contributed by atoms with van der Waals surface area (Å²) in [4.78, 5) is 31.1. The lowest BCUT2D eigenvalue weighted by Gasteiger charge is -2.31. The smallest absolute Gasteiger partial charge is 0.262 e. The minimum Gasteiger partial charge on any atom is -0.496 e. The topological polar surface area (TPSA) is 74.7 Å². The second kappa shape index (κ2) is 13.0. The number of hydrogen-bond acceptors (Lipinski definition) is 6. The average molecular weight is 563 g/mol. The summed E-state index contributed by atoms with van der Waals surface area (Å²) < 4.78 is 39.7. The zero-order chi connectivity index (χ0) is 28.8. The number of methoxy groups -OCH3 is 1. The van der Waals surface area contributed by atoms with Crippen molar-refractivity contribution < 1.29 is 27.8 Å². The molecule has 10 heteroatoms. The maximum atomic E-state index is 14.8. The molecule has 0 aromatic heterocycles. The maximum absolute atomic E-state index is 14.8. The van der Waals surface area contributed by atoms with E-state index in [2.05, 4.69) is 10.0 Å². The second-order valence-electron chi connectivity index (χ2n) is 9.92. The molecular weight excluding hydrogens is 530 g/mol. The van der Waals surface area contributed by atoms with Crippen LogP contribution in [0.5, 0.6) is 5.75 Å². The molecule has 0 radical (unpaired) electrons. The lowest BCUT2D eigenvalue weighted by Crippen LogP contribution is -2.46. The molecule has 1 fully saturated rings. The minimum absolute atomic E-state index is 0.151. The van der Waals surface area contributed by atoms with Gasteiger partial charge in [0.25, 0.3) is 11.8 Å². The van der Waals surface area contributed by atoms with E-state index < -0.39 is 29.5 Å².